The zero-order valence-corrected chi connectivity index (χ0v) is 14.8. The lowest BCUT2D eigenvalue weighted by atomic mass is 10.1. The number of nitrogens with zero attached hydrogens (tertiary/aromatic N) is 5. The third-order valence-electron chi connectivity index (χ3n) is 5.48. The van der Waals surface area contributed by atoms with Crippen molar-refractivity contribution in [2.45, 2.75) is 45.1 Å². The molecular formula is C18H27N5O2. The monoisotopic (exact) mass is 345 g/mol. The summed E-state index contributed by atoms with van der Waals surface area (Å²) >= 11 is 0. The zero-order valence-electron chi connectivity index (χ0n) is 14.8. The van der Waals surface area contributed by atoms with E-state index < -0.39 is 0 Å². The predicted octanol–water partition coefficient (Wildman–Crippen LogP) is 1.41. The lowest BCUT2D eigenvalue weighted by Gasteiger charge is -2.31. The predicted molar refractivity (Wildman–Crippen MR) is 96.0 cm³/mol. The number of aliphatic hydroxyl groups is 1. The molecule has 1 amide bonds. The van der Waals surface area contributed by atoms with Crippen LogP contribution in [0.3, 0.4) is 0 Å². The van der Waals surface area contributed by atoms with Crippen molar-refractivity contribution in [2.75, 3.05) is 49.1 Å². The van der Waals surface area contributed by atoms with Gasteiger partial charge in [-0.05, 0) is 38.5 Å². The molecule has 0 radical (unpaired) electrons. The van der Waals surface area contributed by atoms with Crippen molar-refractivity contribution >= 4 is 17.7 Å². The second kappa shape index (κ2) is 7.15. The molecule has 0 bridgehead atoms. The number of carbonyl (C=O) groups is 1. The van der Waals surface area contributed by atoms with Crippen LogP contribution < -0.4 is 9.80 Å². The van der Waals surface area contributed by atoms with E-state index in [1.807, 2.05) is 0 Å². The van der Waals surface area contributed by atoms with E-state index in [4.69, 9.17) is 4.98 Å². The van der Waals surface area contributed by atoms with E-state index in [0.29, 0.717) is 24.7 Å². The summed E-state index contributed by atoms with van der Waals surface area (Å²) in [4.78, 5) is 28.6. The van der Waals surface area contributed by atoms with Crippen molar-refractivity contribution < 1.29 is 9.90 Å². The Morgan fingerprint density at radius 3 is 2.16 bits per heavy atom. The second-order valence-electron chi connectivity index (χ2n) is 7.22. The molecule has 1 aromatic heterocycles. The third kappa shape index (κ3) is 3.17. The second-order valence-corrected chi connectivity index (χ2v) is 7.22. The van der Waals surface area contributed by atoms with Crippen molar-refractivity contribution in [3.8, 4) is 0 Å². The van der Waals surface area contributed by atoms with Crippen LogP contribution in [0, 0.1) is 0 Å². The Morgan fingerprint density at radius 2 is 1.52 bits per heavy atom. The van der Waals surface area contributed by atoms with E-state index in [-0.39, 0.29) is 12.5 Å². The first-order chi connectivity index (χ1) is 12.3. The first kappa shape index (κ1) is 16.6. The number of β-amino-alcohol motifs (C(OH)–C–C–N with tert-alkyl or cyclic N) is 1. The maximum absolute atomic E-state index is 12.7. The molecule has 0 saturated carbocycles. The van der Waals surface area contributed by atoms with Crippen LogP contribution in [-0.2, 0) is 6.54 Å². The van der Waals surface area contributed by atoms with Crippen LogP contribution in [0.15, 0.2) is 0 Å². The van der Waals surface area contributed by atoms with E-state index in [0.717, 1.165) is 50.4 Å². The SMILES string of the molecule is O=C1c2nc(N3CCCCC3)nc(N3CCCCC3)c2CN1CCO. The highest BCUT2D eigenvalue weighted by molar-refractivity contribution is 5.98. The minimum atomic E-state index is -0.0667. The summed E-state index contributed by atoms with van der Waals surface area (Å²) in [5, 5.41) is 9.25. The molecule has 25 heavy (non-hydrogen) atoms. The van der Waals surface area contributed by atoms with Gasteiger partial charge in [-0.3, -0.25) is 4.79 Å². The maximum Gasteiger partial charge on any atom is 0.273 e. The number of anilines is 2. The highest BCUT2D eigenvalue weighted by Crippen LogP contribution is 2.33. The minimum absolute atomic E-state index is 0.0226. The largest absolute Gasteiger partial charge is 0.395 e. The molecule has 1 aromatic rings. The first-order valence-corrected chi connectivity index (χ1v) is 9.59. The maximum atomic E-state index is 12.7. The molecule has 3 aliphatic rings. The molecule has 7 heteroatoms. The number of hydrogen-bond donors (Lipinski definition) is 1. The van der Waals surface area contributed by atoms with Crippen LogP contribution >= 0.6 is 0 Å². The molecular weight excluding hydrogens is 318 g/mol. The quantitative estimate of drug-likeness (QED) is 0.889. The number of aromatic nitrogens is 2. The lowest BCUT2D eigenvalue weighted by Crippen LogP contribution is -2.34. The topological polar surface area (TPSA) is 72.8 Å². The number of aliphatic hydroxyl groups excluding tert-OH is 1. The Balaban J connectivity index is 1.72. The standard InChI is InChI=1S/C18H27N5O2/c24-12-11-23-13-14-15(17(23)25)19-18(22-9-5-2-6-10-22)20-16(14)21-7-3-1-4-8-21/h24H,1-13H2. The summed E-state index contributed by atoms with van der Waals surface area (Å²) in [5.41, 5.74) is 1.49. The summed E-state index contributed by atoms with van der Waals surface area (Å²) in [7, 11) is 0. The number of amides is 1. The molecule has 1 N–H and O–H groups in total. The third-order valence-corrected chi connectivity index (χ3v) is 5.48. The van der Waals surface area contributed by atoms with Gasteiger partial charge < -0.3 is 19.8 Å². The Labute approximate surface area is 148 Å². The molecule has 136 valence electrons. The Kier molecular flexibility index (Phi) is 4.74. The van der Waals surface area contributed by atoms with Gasteiger partial charge >= 0.3 is 0 Å². The van der Waals surface area contributed by atoms with Crippen molar-refractivity contribution in [1.82, 2.24) is 14.9 Å². The summed E-state index contributed by atoms with van der Waals surface area (Å²) in [6.07, 6.45) is 7.17. The van der Waals surface area contributed by atoms with Gasteiger partial charge in [0.1, 0.15) is 11.5 Å². The van der Waals surface area contributed by atoms with Crippen LogP contribution in [0.25, 0.3) is 0 Å². The fraction of sp³-hybridized carbons (Fsp3) is 0.722. The number of rotatable bonds is 4. The molecule has 0 spiro atoms. The molecule has 0 aromatic carbocycles. The fourth-order valence-electron chi connectivity index (χ4n) is 4.10. The molecule has 0 aliphatic carbocycles. The summed E-state index contributed by atoms with van der Waals surface area (Å²) in [5.74, 6) is 1.58. The summed E-state index contributed by atoms with van der Waals surface area (Å²) < 4.78 is 0. The van der Waals surface area contributed by atoms with E-state index in [1.165, 1.54) is 25.7 Å². The van der Waals surface area contributed by atoms with Crippen molar-refractivity contribution in [1.29, 1.82) is 0 Å². The van der Waals surface area contributed by atoms with Gasteiger partial charge in [0.25, 0.3) is 5.91 Å². The van der Waals surface area contributed by atoms with Crippen LogP contribution in [-0.4, -0.2) is 65.2 Å². The fourth-order valence-corrected chi connectivity index (χ4v) is 4.10. The molecule has 2 saturated heterocycles. The zero-order chi connectivity index (χ0) is 17.2. The number of carbonyl (C=O) groups excluding carboxylic acids is 1. The first-order valence-electron chi connectivity index (χ1n) is 9.59. The number of fused-ring (bicyclic) bond motifs is 1. The molecule has 4 heterocycles. The Morgan fingerprint density at radius 1 is 0.880 bits per heavy atom. The highest BCUT2D eigenvalue weighted by atomic mass is 16.3. The van der Waals surface area contributed by atoms with Crippen LogP contribution in [0.2, 0.25) is 0 Å². The molecule has 0 unspecified atom stereocenters. The number of piperidine rings is 2. The lowest BCUT2D eigenvalue weighted by molar-refractivity contribution is 0.0741. The molecule has 3 aliphatic heterocycles. The van der Waals surface area contributed by atoms with Gasteiger partial charge in [-0.15, -0.1) is 0 Å². The smallest absolute Gasteiger partial charge is 0.273 e. The van der Waals surface area contributed by atoms with E-state index in [2.05, 4.69) is 14.8 Å². The Hall–Kier alpha value is -1.89. The van der Waals surface area contributed by atoms with E-state index in [9.17, 15) is 9.90 Å². The van der Waals surface area contributed by atoms with Gasteiger partial charge in [-0.2, -0.15) is 4.98 Å². The number of hydrogen-bond acceptors (Lipinski definition) is 6. The summed E-state index contributed by atoms with van der Waals surface area (Å²) in [6, 6.07) is 0. The van der Waals surface area contributed by atoms with Crippen LogP contribution in [0.4, 0.5) is 11.8 Å². The van der Waals surface area contributed by atoms with Gasteiger partial charge in [0.05, 0.1) is 13.2 Å². The van der Waals surface area contributed by atoms with Gasteiger partial charge in [0.15, 0.2) is 0 Å². The average Bonchev–Trinajstić information content (AvgIpc) is 2.99. The van der Waals surface area contributed by atoms with Gasteiger partial charge in [-0.1, -0.05) is 0 Å². The molecule has 0 atom stereocenters. The van der Waals surface area contributed by atoms with Crippen molar-refractivity contribution in [3.63, 3.8) is 0 Å². The van der Waals surface area contributed by atoms with Crippen LogP contribution in [0.5, 0.6) is 0 Å². The van der Waals surface area contributed by atoms with Crippen LogP contribution in [0.1, 0.15) is 54.6 Å². The van der Waals surface area contributed by atoms with E-state index in [1.54, 1.807) is 4.90 Å². The highest BCUT2D eigenvalue weighted by Gasteiger charge is 2.35. The molecule has 4 rings (SSSR count). The average molecular weight is 345 g/mol. The van der Waals surface area contributed by atoms with Gasteiger partial charge in [0.2, 0.25) is 5.95 Å². The summed E-state index contributed by atoms with van der Waals surface area (Å²) in [6.45, 7) is 4.77. The normalized spacial score (nSPS) is 21.0. The molecule has 2 fully saturated rings. The Bertz CT molecular complexity index is 639. The van der Waals surface area contributed by atoms with Gasteiger partial charge in [-0.25, -0.2) is 4.98 Å². The van der Waals surface area contributed by atoms with Gasteiger partial charge in [0, 0.05) is 38.3 Å². The van der Waals surface area contributed by atoms with E-state index >= 15 is 0 Å². The molecule has 7 nitrogen and oxygen atoms in total. The van der Waals surface area contributed by atoms with Crippen molar-refractivity contribution in [2.24, 2.45) is 0 Å². The van der Waals surface area contributed by atoms with Crippen molar-refractivity contribution in [3.05, 3.63) is 11.3 Å². The minimum Gasteiger partial charge on any atom is -0.395 e.